The van der Waals surface area contributed by atoms with Crippen molar-refractivity contribution in [3.8, 4) is 5.75 Å². The van der Waals surface area contributed by atoms with Crippen LogP contribution in [0.2, 0.25) is 0 Å². The topological polar surface area (TPSA) is 69.9 Å². The van der Waals surface area contributed by atoms with Gasteiger partial charge in [0.05, 0.1) is 18.8 Å². The zero-order chi connectivity index (χ0) is 18.5. The fourth-order valence-electron chi connectivity index (χ4n) is 6.04. The molecule has 0 heterocycles. The maximum atomic E-state index is 10.6. The molecule has 4 nitrogen and oxygen atoms in total. The predicted octanol–water partition coefficient (Wildman–Crippen LogP) is 3.02. The van der Waals surface area contributed by atoms with Gasteiger partial charge >= 0.3 is 0 Å². The fourth-order valence-corrected chi connectivity index (χ4v) is 6.04. The lowest BCUT2D eigenvalue weighted by Gasteiger charge is -2.50. The molecule has 0 saturated heterocycles. The van der Waals surface area contributed by atoms with Crippen molar-refractivity contribution in [1.29, 1.82) is 0 Å². The Labute approximate surface area is 156 Å². The van der Waals surface area contributed by atoms with Crippen LogP contribution >= 0.6 is 0 Å². The maximum absolute atomic E-state index is 10.6. The summed E-state index contributed by atoms with van der Waals surface area (Å²) in [6.45, 7) is 4.99. The molecule has 2 fully saturated rings. The summed E-state index contributed by atoms with van der Waals surface area (Å²) in [6.07, 6.45) is 3.40. The third-order valence-electron chi connectivity index (χ3n) is 7.48. The van der Waals surface area contributed by atoms with E-state index in [4.69, 9.17) is 4.74 Å². The molecule has 7 atom stereocenters. The van der Waals surface area contributed by atoms with Crippen LogP contribution in [0.4, 0.5) is 0 Å². The third-order valence-corrected chi connectivity index (χ3v) is 7.48. The van der Waals surface area contributed by atoms with Gasteiger partial charge in [0.2, 0.25) is 0 Å². The van der Waals surface area contributed by atoms with Crippen molar-refractivity contribution < 1.29 is 20.1 Å². The van der Waals surface area contributed by atoms with Gasteiger partial charge in [0.25, 0.3) is 0 Å². The summed E-state index contributed by atoms with van der Waals surface area (Å²) in [5.41, 5.74) is 2.38. The number of unbranched alkanes of at least 4 members (excludes halogenated alkanes) is 1. The molecule has 0 amide bonds. The molecule has 4 rings (SSSR count). The number of hydrogen-bond donors (Lipinski definition) is 3. The summed E-state index contributed by atoms with van der Waals surface area (Å²) in [6, 6.07) is 6.49. The van der Waals surface area contributed by atoms with Gasteiger partial charge < -0.3 is 20.1 Å². The number of rotatable bonds is 4. The Balaban J connectivity index is 1.58. The highest BCUT2D eigenvalue weighted by molar-refractivity contribution is 5.41. The van der Waals surface area contributed by atoms with Crippen LogP contribution in [-0.4, -0.2) is 40.2 Å². The van der Waals surface area contributed by atoms with Crippen molar-refractivity contribution in [2.75, 3.05) is 6.61 Å². The van der Waals surface area contributed by atoms with E-state index in [1.807, 2.05) is 0 Å². The molecule has 4 heteroatoms. The predicted molar refractivity (Wildman–Crippen MR) is 100 cm³/mol. The largest absolute Gasteiger partial charge is 0.494 e. The van der Waals surface area contributed by atoms with Gasteiger partial charge in [-0.05, 0) is 73.1 Å². The highest BCUT2D eigenvalue weighted by atomic mass is 16.5. The number of ether oxygens (including phenoxy) is 1. The molecule has 144 valence electrons. The van der Waals surface area contributed by atoms with Crippen molar-refractivity contribution in [2.24, 2.45) is 17.3 Å². The van der Waals surface area contributed by atoms with Crippen molar-refractivity contribution >= 4 is 0 Å². The molecular weight excluding hydrogens is 328 g/mol. The van der Waals surface area contributed by atoms with Gasteiger partial charge in [-0.25, -0.2) is 0 Å². The molecule has 3 N–H and O–H groups in total. The highest BCUT2D eigenvalue weighted by Gasteiger charge is 2.62. The highest BCUT2D eigenvalue weighted by Crippen LogP contribution is 2.60. The minimum Gasteiger partial charge on any atom is -0.494 e. The van der Waals surface area contributed by atoms with Crippen LogP contribution in [0.1, 0.15) is 63.0 Å². The van der Waals surface area contributed by atoms with Crippen LogP contribution in [0, 0.1) is 17.3 Å². The summed E-state index contributed by atoms with van der Waals surface area (Å²) >= 11 is 0. The molecule has 1 aromatic carbocycles. The molecule has 26 heavy (non-hydrogen) atoms. The van der Waals surface area contributed by atoms with E-state index in [1.54, 1.807) is 0 Å². The van der Waals surface area contributed by atoms with E-state index >= 15 is 0 Å². The van der Waals surface area contributed by atoms with Crippen LogP contribution in [0.5, 0.6) is 5.75 Å². The first-order valence-corrected chi connectivity index (χ1v) is 10.3. The average Bonchev–Trinajstić information content (AvgIpc) is 2.82. The van der Waals surface area contributed by atoms with Crippen molar-refractivity contribution in [3.63, 3.8) is 0 Å². The number of aliphatic hydroxyl groups excluding tert-OH is 3. The minimum absolute atomic E-state index is 0.0279. The van der Waals surface area contributed by atoms with Crippen LogP contribution in [-0.2, 0) is 6.42 Å². The van der Waals surface area contributed by atoms with Gasteiger partial charge in [-0.15, -0.1) is 0 Å². The van der Waals surface area contributed by atoms with Crippen molar-refractivity contribution in [2.45, 2.75) is 76.6 Å². The first-order chi connectivity index (χ1) is 12.5. The SMILES string of the molecule is CCCCOc1ccc2c(c1)CCC1C2CC[C@@]2(C)C1[C@@H](O)[C@@H](O)[C@@H]2O. The smallest absolute Gasteiger partial charge is 0.119 e. The van der Waals surface area contributed by atoms with Crippen LogP contribution in [0.3, 0.4) is 0 Å². The van der Waals surface area contributed by atoms with E-state index in [1.165, 1.54) is 11.1 Å². The molecule has 0 aliphatic heterocycles. The normalized spacial score (nSPS) is 41.3. The van der Waals surface area contributed by atoms with Gasteiger partial charge in [0, 0.05) is 5.41 Å². The molecule has 1 aromatic rings. The summed E-state index contributed by atoms with van der Waals surface area (Å²) in [7, 11) is 0. The van der Waals surface area contributed by atoms with Gasteiger partial charge in [0.1, 0.15) is 11.9 Å². The van der Waals surface area contributed by atoms with E-state index in [2.05, 4.69) is 32.0 Å². The van der Waals surface area contributed by atoms with E-state index in [9.17, 15) is 15.3 Å². The monoisotopic (exact) mass is 360 g/mol. The van der Waals surface area contributed by atoms with Crippen LogP contribution in [0.25, 0.3) is 0 Å². The second-order valence-corrected chi connectivity index (χ2v) is 8.87. The molecule has 3 aliphatic rings. The average molecular weight is 360 g/mol. The number of aliphatic hydroxyl groups is 3. The van der Waals surface area contributed by atoms with Crippen LogP contribution in [0.15, 0.2) is 18.2 Å². The second kappa shape index (κ2) is 6.81. The molecule has 0 spiro atoms. The summed E-state index contributed by atoms with van der Waals surface area (Å²) in [5.74, 6) is 1.67. The number of aryl methyl sites for hydroxylation is 1. The Morgan fingerprint density at radius 2 is 1.96 bits per heavy atom. The van der Waals surface area contributed by atoms with Crippen LogP contribution < -0.4 is 4.74 Å². The molecule has 0 radical (unpaired) electrons. The third kappa shape index (κ3) is 2.69. The lowest BCUT2D eigenvalue weighted by molar-refractivity contribution is -0.0505. The number of benzene rings is 1. The first-order valence-electron chi connectivity index (χ1n) is 10.3. The summed E-state index contributed by atoms with van der Waals surface area (Å²) in [5, 5.41) is 31.4. The lowest BCUT2D eigenvalue weighted by atomic mass is 9.55. The van der Waals surface area contributed by atoms with Gasteiger partial charge in [-0.3, -0.25) is 0 Å². The molecule has 3 unspecified atom stereocenters. The Kier molecular flexibility index (Phi) is 4.79. The zero-order valence-electron chi connectivity index (χ0n) is 15.9. The Bertz CT molecular complexity index is 660. The summed E-state index contributed by atoms with van der Waals surface area (Å²) < 4.78 is 5.87. The first kappa shape index (κ1) is 18.3. The zero-order valence-corrected chi connectivity index (χ0v) is 15.9. The summed E-state index contributed by atoms with van der Waals surface area (Å²) in [4.78, 5) is 0. The fraction of sp³-hybridized carbons (Fsp3) is 0.727. The second-order valence-electron chi connectivity index (χ2n) is 8.87. The van der Waals surface area contributed by atoms with E-state index < -0.39 is 18.3 Å². The maximum Gasteiger partial charge on any atom is 0.119 e. The Morgan fingerprint density at radius 3 is 2.73 bits per heavy atom. The van der Waals surface area contributed by atoms with Gasteiger partial charge in [-0.1, -0.05) is 26.3 Å². The molecule has 2 saturated carbocycles. The van der Waals surface area contributed by atoms with Crippen molar-refractivity contribution in [3.05, 3.63) is 29.3 Å². The van der Waals surface area contributed by atoms with E-state index in [0.29, 0.717) is 11.8 Å². The number of hydrogen-bond acceptors (Lipinski definition) is 4. The molecule has 3 aliphatic carbocycles. The Morgan fingerprint density at radius 1 is 1.15 bits per heavy atom. The van der Waals surface area contributed by atoms with Gasteiger partial charge in [0.15, 0.2) is 0 Å². The molecule has 0 bridgehead atoms. The van der Waals surface area contributed by atoms with E-state index in [0.717, 1.165) is 50.9 Å². The van der Waals surface area contributed by atoms with Crippen molar-refractivity contribution in [1.82, 2.24) is 0 Å². The lowest BCUT2D eigenvalue weighted by Crippen LogP contribution is -2.46. The van der Waals surface area contributed by atoms with Gasteiger partial charge in [-0.2, -0.15) is 0 Å². The molecular formula is C22H32O4. The standard InChI is InChI=1S/C22H32O4/c1-3-4-11-26-14-6-8-15-13(12-14)5-7-17-16(15)9-10-22(2)18(17)19(23)20(24)21(22)25/h6,8,12,16-21,23-25H,3-5,7,9-11H2,1-2H3/t16?,17?,18?,19-,20-,21+,22+/m1/s1. The Hall–Kier alpha value is -1.10. The minimum atomic E-state index is -1.01. The number of fused-ring (bicyclic) bond motifs is 5. The molecule has 0 aromatic heterocycles. The van der Waals surface area contributed by atoms with E-state index in [-0.39, 0.29) is 11.3 Å². The quantitative estimate of drug-likeness (QED) is 0.722.